The highest BCUT2D eigenvalue weighted by molar-refractivity contribution is 6.76. The van der Waals surface area contributed by atoms with Gasteiger partial charge in [-0.1, -0.05) is 51.3 Å². The van der Waals surface area contributed by atoms with Gasteiger partial charge in [-0.05, 0) is 24.1 Å². The molecule has 1 aromatic rings. The van der Waals surface area contributed by atoms with Crippen LogP contribution < -0.4 is 5.32 Å². The molecule has 6 heteroatoms. The van der Waals surface area contributed by atoms with E-state index in [1.807, 2.05) is 6.07 Å². The lowest BCUT2D eigenvalue weighted by Gasteiger charge is -2.31. The van der Waals surface area contributed by atoms with Crippen LogP contribution in [0.4, 0.5) is 4.79 Å². The first kappa shape index (κ1) is 19.7. The fraction of sp³-hybridized carbons (Fsp3) is 0.588. The minimum absolute atomic E-state index is 0. The molecule has 0 aromatic heterocycles. The number of carbonyl (C=O) groups excluding carboxylic acids is 1. The van der Waals surface area contributed by atoms with Crippen molar-refractivity contribution in [1.29, 1.82) is 0 Å². The van der Waals surface area contributed by atoms with E-state index < -0.39 is 31.9 Å². The van der Waals surface area contributed by atoms with Gasteiger partial charge in [0, 0.05) is 8.07 Å². The van der Waals surface area contributed by atoms with Crippen LogP contribution in [-0.2, 0) is 10.3 Å². The van der Waals surface area contributed by atoms with Crippen molar-refractivity contribution in [1.82, 2.24) is 5.32 Å². The molecule has 1 amide bonds. The Morgan fingerprint density at radius 3 is 2.52 bits per heavy atom. The molecule has 0 heterocycles. The van der Waals surface area contributed by atoms with Gasteiger partial charge in [-0.25, -0.2) is 4.79 Å². The summed E-state index contributed by atoms with van der Waals surface area (Å²) in [5.74, 6) is 0. The zero-order valence-corrected chi connectivity index (χ0v) is 14.6. The fourth-order valence-corrected chi connectivity index (χ4v) is 3.43. The number of benzene rings is 1. The number of alkyl carbamates (subject to hydrolysis) is 1. The van der Waals surface area contributed by atoms with Crippen LogP contribution in [0.15, 0.2) is 24.3 Å². The maximum absolute atomic E-state index is 12.0. The second-order valence-corrected chi connectivity index (χ2v) is 12.9. The summed E-state index contributed by atoms with van der Waals surface area (Å²) >= 11 is 0. The van der Waals surface area contributed by atoms with Crippen LogP contribution >= 0.6 is 0 Å². The lowest BCUT2D eigenvalue weighted by atomic mass is 9.92. The molecule has 130 valence electrons. The fourth-order valence-electron chi connectivity index (χ4n) is 2.71. The minimum Gasteiger partial charge on any atom is -0.450 e. The summed E-state index contributed by atoms with van der Waals surface area (Å²) in [5.41, 5.74) is 0.309. The molecule has 0 aliphatic heterocycles. The molecule has 2 rings (SSSR count). The molecule has 3 N–H and O–H groups in total. The van der Waals surface area contributed by atoms with Crippen molar-refractivity contribution in [3.05, 3.63) is 35.4 Å². The third-order valence-electron chi connectivity index (χ3n) is 4.18. The molecule has 1 aliphatic rings. The Hall–Kier alpha value is -1.37. The predicted molar refractivity (Wildman–Crippen MR) is 94.1 cm³/mol. The van der Waals surface area contributed by atoms with Crippen LogP contribution in [0.25, 0.3) is 0 Å². The first-order valence-corrected chi connectivity index (χ1v) is 11.3. The molecule has 0 saturated heterocycles. The van der Waals surface area contributed by atoms with Crippen LogP contribution in [-0.4, -0.2) is 37.1 Å². The van der Waals surface area contributed by atoms with E-state index in [1.54, 1.807) is 25.1 Å². The lowest BCUT2D eigenvalue weighted by Crippen LogP contribution is -2.50. The van der Waals surface area contributed by atoms with Crippen LogP contribution in [0.1, 0.15) is 31.6 Å². The van der Waals surface area contributed by atoms with Crippen molar-refractivity contribution in [2.45, 2.75) is 57.8 Å². The van der Waals surface area contributed by atoms with E-state index in [0.29, 0.717) is 12.2 Å². The average Bonchev–Trinajstić information content (AvgIpc) is 2.60. The summed E-state index contributed by atoms with van der Waals surface area (Å²) in [4.78, 5) is 12.0. The Morgan fingerprint density at radius 1 is 1.30 bits per heavy atom. The molecule has 3 atom stereocenters. The second-order valence-electron chi connectivity index (χ2n) is 7.25. The molecule has 1 aliphatic carbocycles. The van der Waals surface area contributed by atoms with Crippen LogP contribution in [0.3, 0.4) is 0 Å². The third kappa shape index (κ3) is 4.13. The zero-order chi connectivity index (χ0) is 16.5. The summed E-state index contributed by atoms with van der Waals surface area (Å²) in [6.45, 7) is 8.71. The van der Waals surface area contributed by atoms with Crippen molar-refractivity contribution in [2.75, 3.05) is 6.61 Å². The monoisotopic (exact) mass is 339 g/mol. The van der Waals surface area contributed by atoms with E-state index in [9.17, 15) is 15.0 Å². The van der Waals surface area contributed by atoms with E-state index in [4.69, 9.17) is 4.74 Å². The highest BCUT2D eigenvalue weighted by Gasteiger charge is 2.49. The van der Waals surface area contributed by atoms with Gasteiger partial charge in [0.1, 0.15) is 12.2 Å². The molecule has 0 radical (unpaired) electrons. The van der Waals surface area contributed by atoms with Gasteiger partial charge in [-0.15, -0.1) is 0 Å². The summed E-state index contributed by atoms with van der Waals surface area (Å²) in [7, 11) is -1.26. The Labute approximate surface area is 139 Å². The third-order valence-corrected chi connectivity index (χ3v) is 5.88. The van der Waals surface area contributed by atoms with Gasteiger partial charge in [0.2, 0.25) is 0 Å². The second kappa shape index (κ2) is 7.03. The quantitative estimate of drug-likeness (QED) is 0.737. The Kier molecular flexibility index (Phi) is 6.01. The molecule has 0 saturated carbocycles. The number of fused-ring (bicyclic) bond motifs is 1. The number of amides is 1. The molecule has 0 unspecified atom stereocenters. The Morgan fingerprint density at radius 2 is 1.91 bits per heavy atom. The van der Waals surface area contributed by atoms with Crippen molar-refractivity contribution >= 4 is 14.2 Å². The van der Waals surface area contributed by atoms with Gasteiger partial charge in [0.25, 0.3) is 0 Å². The van der Waals surface area contributed by atoms with Crippen molar-refractivity contribution in [2.24, 2.45) is 0 Å². The van der Waals surface area contributed by atoms with Gasteiger partial charge in [-0.3, -0.25) is 0 Å². The van der Waals surface area contributed by atoms with E-state index in [0.717, 1.165) is 11.6 Å². The van der Waals surface area contributed by atoms with Crippen molar-refractivity contribution in [3.63, 3.8) is 0 Å². The average molecular weight is 340 g/mol. The topological polar surface area (TPSA) is 78.8 Å². The van der Waals surface area contributed by atoms with Gasteiger partial charge in [0.05, 0.1) is 12.1 Å². The lowest BCUT2D eigenvalue weighted by molar-refractivity contribution is -0.0202. The number of ether oxygens (including phenoxy) is 1. The standard InChI is InChI=1S/C16H25NO4Si.CH4/c1-16(17-15(20)21-9-10-22(2,3)4)12-8-6-5-7-11(12)13(18)14(16)19;/h5-8,13-14,18-19H,9-10H2,1-4H3,(H,17,20);1H4/t13-,14+,16-;/m1./s1. The number of aliphatic hydroxyl groups is 2. The molecular weight excluding hydrogens is 310 g/mol. The van der Waals surface area contributed by atoms with Crippen LogP contribution in [0, 0.1) is 0 Å². The van der Waals surface area contributed by atoms with Gasteiger partial charge in [0.15, 0.2) is 0 Å². The summed E-state index contributed by atoms with van der Waals surface area (Å²) in [6, 6.07) is 8.07. The van der Waals surface area contributed by atoms with Crippen molar-refractivity contribution < 1.29 is 19.7 Å². The van der Waals surface area contributed by atoms with Gasteiger partial charge in [-0.2, -0.15) is 0 Å². The van der Waals surface area contributed by atoms with Gasteiger partial charge >= 0.3 is 6.09 Å². The van der Waals surface area contributed by atoms with E-state index in [2.05, 4.69) is 25.0 Å². The van der Waals surface area contributed by atoms with E-state index >= 15 is 0 Å². The number of aliphatic hydroxyl groups excluding tert-OH is 2. The number of nitrogens with one attached hydrogen (secondary N) is 1. The van der Waals surface area contributed by atoms with E-state index in [1.165, 1.54) is 0 Å². The number of hydrogen-bond donors (Lipinski definition) is 3. The number of carbonyl (C=O) groups is 1. The summed E-state index contributed by atoms with van der Waals surface area (Å²) in [6.07, 6.45) is -2.68. The molecular formula is C17H29NO4Si. The first-order chi connectivity index (χ1) is 10.1. The molecule has 0 fully saturated rings. The summed E-state index contributed by atoms with van der Waals surface area (Å²) < 4.78 is 5.24. The molecule has 1 aromatic carbocycles. The highest BCUT2D eigenvalue weighted by Crippen LogP contribution is 2.43. The number of hydrogen-bond acceptors (Lipinski definition) is 4. The first-order valence-electron chi connectivity index (χ1n) is 7.55. The maximum Gasteiger partial charge on any atom is 0.407 e. The molecule has 0 spiro atoms. The highest BCUT2D eigenvalue weighted by atomic mass is 28.3. The van der Waals surface area contributed by atoms with Crippen LogP contribution in [0.2, 0.25) is 25.7 Å². The normalized spacial score (nSPS) is 26.2. The molecule has 0 bridgehead atoms. The zero-order valence-electron chi connectivity index (χ0n) is 13.6. The molecule has 5 nitrogen and oxygen atoms in total. The summed E-state index contributed by atoms with van der Waals surface area (Å²) in [5, 5.41) is 23.2. The smallest absolute Gasteiger partial charge is 0.407 e. The SMILES string of the molecule is C.C[C@@]1(NC(=O)OCC[Si](C)(C)C)c2ccccc2[C@@H](O)[C@@H]1O. The van der Waals surface area contributed by atoms with Gasteiger partial charge < -0.3 is 20.3 Å². The number of rotatable bonds is 4. The Bertz CT molecular complexity index is 558. The Balaban J connectivity index is 0.00000264. The molecule has 23 heavy (non-hydrogen) atoms. The minimum atomic E-state index is -1.26. The predicted octanol–water partition coefficient (Wildman–Crippen LogP) is 3.01. The van der Waals surface area contributed by atoms with Crippen molar-refractivity contribution in [3.8, 4) is 0 Å². The largest absolute Gasteiger partial charge is 0.450 e. The van der Waals surface area contributed by atoms with E-state index in [-0.39, 0.29) is 7.43 Å². The van der Waals surface area contributed by atoms with Crippen LogP contribution in [0.5, 0.6) is 0 Å². The maximum atomic E-state index is 12.0.